The molecule has 0 aliphatic heterocycles. The zero-order valence-electron chi connectivity index (χ0n) is 9.60. The first-order valence-corrected chi connectivity index (χ1v) is 5.04. The van der Waals surface area contributed by atoms with Crippen LogP contribution in [0, 0.1) is 0 Å². The van der Waals surface area contributed by atoms with E-state index in [1.165, 1.54) is 0 Å². The van der Waals surface area contributed by atoms with Crippen molar-refractivity contribution in [1.82, 2.24) is 9.97 Å². The van der Waals surface area contributed by atoms with E-state index in [9.17, 15) is 4.79 Å². The molecule has 0 radical (unpaired) electrons. The number of hydrogen-bond donors (Lipinski definition) is 2. The first-order valence-electron chi connectivity index (χ1n) is 5.04. The molecule has 1 rings (SSSR count). The zero-order valence-corrected chi connectivity index (χ0v) is 9.60. The molecule has 0 aliphatic carbocycles. The number of nitrogens with zero attached hydrogens (tertiary/aromatic N) is 2. The Morgan fingerprint density at radius 3 is 2.75 bits per heavy atom. The lowest BCUT2D eigenvalue weighted by Crippen LogP contribution is -2.33. The first kappa shape index (κ1) is 12.2. The fourth-order valence-electron chi connectivity index (χ4n) is 0.984. The maximum absolute atomic E-state index is 10.8. The molecule has 6 nitrogen and oxygen atoms in total. The van der Waals surface area contributed by atoms with E-state index in [1.54, 1.807) is 19.2 Å². The minimum absolute atomic E-state index is 0.0383. The van der Waals surface area contributed by atoms with Crippen LogP contribution >= 0.6 is 0 Å². The molecule has 0 saturated heterocycles. The standard InChI is InChI=1S/C10H16N4O2/c1-6(2)16-8-4-5-12-10(14-8)13-7(3)9(11)15/h4-7H,1-3H3,(H2,11,15)(H,12,13,14). The van der Waals surface area contributed by atoms with Gasteiger partial charge in [0.15, 0.2) is 0 Å². The summed E-state index contributed by atoms with van der Waals surface area (Å²) in [5.41, 5.74) is 5.11. The van der Waals surface area contributed by atoms with E-state index in [4.69, 9.17) is 10.5 Å². The van der Waals surface area contributed by atoms with E-state index < -0.39 is 11.9 Å². The molecule has 0 fully saturated rings. The van der Waals surface area contributed by atoms with Crippen LogP contribution in [-0.2, 0) is 4.79 Å². The fraction of sp³-hybridized carbons (Fsp3) is 0.500. The summed E-state index contributed by atoms with van der Waals surface area (Å²) in [5, 5.41) is 2.78. The van der Waals surface area contributed by atoms with Crippen LogP contribution in [-0.4, -0.2) is 28.0 Å². The van der Waals surface area contributed by atoms with Crippen LogP contribution in [0.3, 0.4) is 0 Å². The van der Waals surface area contributed by atoms with Crippen molar-refractivity contribution in [1.29, 1.82) is 0 Å². The van der Waals surface area contributed by atoms with Gasteiger partial charge in [0.05, 0.1) is 6.10 Å². The molecule has 0 spiro atoms. The van der Waals surface area contributed by atoms with E-state index in [-0.39, 0.29) is 6.10 Å². The normalized spacial score (nSPS) is 12.2. The van der Waals surface area contributed by atoms with Gasteiger partial charge in [0.1, 0.15) is 6.04 Å². The predicted molar refractivity (Wildman–Crippen MR) is 60.1 cm³/mol. The van der Waals surface area contributed by atoms with Gasteiger partial charge in [-0.15, -0.1) is 0 Å². The predicted octanol–water partition coefficient (Wildman–Crippen LogP) is 0.549. The van der Waals surface area contributed by atoms with E-state index in [1.807, 2.05) is 13.8 Å². The summed E-state index contributed by atoms with van der Waals surface area (Å²) in [6.45, 7) is 5.45. The Hall–Kier alpha value is -1.85. The highest BCUT2D eigenvalue weighted by Crippen LogP contribution is 2.10. The van der Waals surface area contributed by atoms with Crippen LogP contribution in [0.4, 0.5) is 5.95 Å². The van der Waals surface area contributed by atoms with Gasteiger partial charge >= 0.3 is 0 Å². The molecule has 6 heteroatoms. The molecule has 0 aromatic carbocycles. The lowest BCUT2D eigenvalue weighted by Gasteiger charge is -2.12. The number of amides is 1. The Morgan fingerprint density at radius 1 is 1.50 bits per heavy atom. The van der Waals surface area contributed by atoms with Crippen LogP contribution in [0.15, 0.2) is 12.3 Å². The molecular formula is C10H16N4O2. The molecule has 0 aliphatic rings. The average Bonchev–Trinajstić information content (AvgIpc) is 2.16. The number of nitrogens with two attached hydrogens (primary N) is 1. The minimum Gasteiger partial charge on any atom is -0.475 e. The largest absolute Gasteiger partial charge is 0.475 e. The van der Waals surface area contributed by atoms with Crippen LogP contribution in [0.1, 0.15) is 20.8 Å². The van der Waals surface area contributed by atoms with Gasteiger partial charge in [-0.2, -0.15) is 4.98 Å². The number of anilines is 1. The van der Waals surface area contributed by atoms with Gasteiger partial charge in [-0.1, -0.05) is 0 Å². The quantitative estimate of drug-likeness (QED) is 0.762. The molecule has 0 bridgehead atoms. The Balaban J connectivity index is 2.70. The molecule has 1 aromatic heterocycles. The van der Waals surface area contributed by atoms with Crippen molar-refractivity contribution in [2.75, 3.05) is 5.32 Å². The molecule has 1 unspecified atom stereocenters. The summed E-state index contributed by atoms with van der Waals surface area (Å²) in [6.07, 6.45) is 1.59. The van der Waals surface area contributed by atoms with Crippen LogP contribution in [0.5, 0.6) is 5.88 Å². The van der Waals surface area contributed by atoms with Crippen molar-refractivity contribution >= 4 is 11.9 Å². The SMILES string of the molecule is CC(C)Oc1ccnc(NC(C)C(N)=O)n1. The molecule has 0 saturated carbocycles. The van der Waals surface area contributed by atoms with Crippen molar-refractivity contribution in [3.8, 4) is 5.88 Å². The van der Waals surface area contributed by atoms with Crippen LogP contribution in [0.2, 0.25) is 0 Å². The van der Waals surface area contributed by atoms with Gasteiger partial charge in [-0.3, -0.25) is 4.79 Å². The summed E-state index contributed by atoms with van der Waals surface area (Å²) in [6, 6.07) is 1.13. The number of rotatable bonds is 5. The van der Waals surface area contributed by atoms with Gasteiger partial charge in [-0.25, -0.2) is 4.98 Å². The van der Waals surface area contributed by atoms with Crippen molar-refractivity contribution in [2.45, 2.75) is 32.9 Å². The highest BCUT2D eigenvalue weighted by molar-refractivity contribution is 5.81. The molecule has 1 atom stereocenters. The van der Waals surface area contributed by atoms with Crippen LogP contribution in [0.25, 0.3) is 0 Å². The summed E-state index contributed by atoms with van der Waals surface area (Å²) >= 11 is 0. The Kier molecular flexibility index (Phi) is 4.04. The lowest BCUT2D eigenvalue weighted by molar-refractivity contribution is -0.118. The van der Waals surface area contributed by atoms with Crippen LogP contribution < -0.4 is 15.8 Å². The average molecular weight is 224 g/mol. The first-order chi connectivity index (χ1) is 7.49. The minimum atomic E-state index is -0.519. The van der Waals surface area contributed by atoms with E-state index >= 15 is 0 Å². The monoisotopic (exact) mass is 224 g/mol. The number of hydrogen-bond acceptors (Lipinski definition) is 5. The Labute approximate surface area is 94.2 Å². The molecule has 3 N–H and O–H groups in total. The van der Waals surface area contributed by atoms with Gasteiger partial charge < -0.3 is 15.8 Å². The van der Waals surface area contributed by atoms with E-state index in [2.05, 4.69) is 15.3 Å². The van der Waals surface area contributed by atoms with Gasteiger partial charge in [0.25, 0.3) is 0 Å². The second kappa shape index (κ2) is 5.29. The summed E-state index contributed by atoms with van der Waals surface area (Å²) in [5.74, 6) is 0.326. The van der Waals surface area contributed by atoms with E-state index in [0.717, 1.165) is 0 Å². The molecular weight excluding hydrogens is 208 g/mol. The topological polar surface area (TPSA) is 90.1 Å². The van der Waals surface area contributed by atoms with Crippen molar-refractivity contribution in [2.24, 2.45) is 5.73 Å². The highest BCUT2D eigenvalue weighted by atomic mass is 16.5. The number of nitrogens with one attached hydrogen (secondary N) is 1. The van der Waals surface area contributed by atoms with Crippen molar-refractivity contribution < 1.29 is 9.53 Å². The van der Waals surface area contributed by atoms with Gasteiger partial charge in [-0.05, 0) is 20.8 Å². The van der Waals surface area contributed by atoms with E-state index in [0.29, 0.717) is 11.8 Å². The Bertz CT molecular complexity index is 368. The fourth-order valence-corrected chi connectivity index (χ4v) is 0.984. The Morgan fingerprint density at radius 2 is 2.19 bits per heavy atom. The maximum Gasteiger partial charge on any atom is 0.239 e. The molecule has 88 valence electrons. The second-order valence-electron chi connectivity index (χ2n) is 3.65. The second-order valence-corrected chi connectivity index (χ2v) is 3.65. The van der Waals surface area contributed by atoms with Gasteiger partial charge in [0, 0.05) is 12.3 Å². The third-order valence-corrected chi connectivity index (χ3v) is 1.76. The van der Waals surface area contributed by atoms with Crippen molar-refractivity contribution in [3.63, 3.8) is 0 Å². The molecule has 1 heterocycles. The molecule has 1 amide bonds. The molecule has 16 heavy (non-hydrogen) atoms. The number of ether oxygens (including phenoxy) is 1. The summed E-state index contributed by atoms with van der Waals surface area (Å²) < 4.78 is 5.39. The number of primary amides is 1. The lowest BCUT2D eigenvalue weighted by atomic mass is 10.3. The number of carbonyl (C=O) groups is 1. The highest BCUT2D eigenvalue weighted by Gasteiger charge is 2.10. The van der Waals surface area contributed by atoms with Crippen molar-refractivity contribution in [3.05, 3.63) is 12.3 Å². The molecule has 1 aromatic rings. The van der Waals surface area contributed by atoms with Gasteiger partial charge in [0.2, 0.25) is 17.7 Å². The zero-order chi connectivity index (χ0) is 12.1. The maximum atomic E-state index is 10.8. The third-order valence-electron chi connectivity index (χ3n) is 1.76. The third kappa shape index (κ3) is 3.72. The number of aromatic nitrogens is 2. The number of carbonyl (C=O) groups excluding carboxylic acids is 1. The smallest absolute Gasteiger partial charge is 0.239 e. The summed E-state index contributed by atoms with van der Waals surface area (Å²) in [7, 11) is 0. The summed E-state index contributed by atoms with van der Waals surface area (Å²) in [4.78, 5) is 18.9.